The van der Waals surface area contributed by atoms with Crippen molar-refractivity contribution in [3.8, 4) is 0 Å². The van der Waals surface area contributed by atoms with E-state index in [9.17, 15) is 4.79 Å². The number of alkyl halides is 2. The van der Waals surface area contributed by atoms with Gasteiger partial charge in [-0.2, -0.15) is 0 Å². The molecule has 0 aliphatic heterocycles. The first-order valence-electron chi connectivity index (χ1n) is 3.90. The van der Waals surface area contributed by atoms with E-state index in [-0.39, 0.29) is 22.3 Å². The van der Waals surface area contributed by atoms with Gasteiger partial charge >= 0.3 is 102 Å². The second-order valence-electron chi connectivity index (χ2n) is 2.74. The molecule has 0 atom stereocenters. The Morgan fingerprint density at radius 2 is 1.59 bits per heavy atom. The third-order valence-electron chi connectivity index (χ3n) is 1.77. The first-order chi connectivity index (χ1) is 6.52. The zero-order valence-corrected chi connectivity index (χ0v) is 12.4. The predicted molar refractivity (Wildman–Crippen MR) is 66.5 cm³/mol. The van der Waals surface area contributed by atoms with E-state index in [2.05, 4.69) is 0 Å². The number of halogens is 2. The van der Waals surface area contributed by atoms with Crippen molar-refractivity contribution in [1.82, 2.24) is 0 Å². The minimum Gasteiger partial charge on any atom is -0.870 e. The van der Waals surface area contributed by atoms with Gasteiger partial charge in [-0.1, -0.05) is 0 Å². The van der Waals surface area contributed by atoms with Crippen LogP contribution in [-0.4, -0.2) is 50.7 Å². The molecule has 0 spiro atoms. The van der Waals surface area contributed by atoms with Gasteiger partial charge in [-0.25, -0.2) is 0 Å². The van der Waals surface area contributed by atoms with Gasteiger partial charge in [0.25, 0.3) is 0 Å². The molecular formula is C9H11Cl2GeNO4. The van der Waals surface area contributed by atoms with Gasteiger partial charge in [0.15, 0.2) is 0 Å². The van der Waals surface area contributed by atoms with Crippen LogP contribution in [0.15, 0.2) is 24.3 Å². The average Bonchev–Trinajstić information content (AvgIpc) is 2.16. The van der Waals surface area contributed by atoms with Crippen molar-refractivity contribution in [3.63, 3.8) is 0 Å². The zero-order valence-electron chi connectivity index (χ0n) is 8.84. The van der Waals surface area contributed by atoms with Gasteiger partial charge < -0.3 is 16.4 Å². The summed E-state index contributed by atoms with van der Waals surface area (Å²) in [5, 5.41) is 0. The van der Waals surface area contributed by atoms with E-state index in [1.807, 2.05) is 40.8 Å². The molecule has 0 aliphatic carbocycles. The van der Waals surface area contributed by atoms with Crippen molar-refractivity contribution in [2.45, 2.75) is 4.84 Å². The van der Waals surface area contributed by atoms with Crippen LogP contribution in [0.25, 0.3) is 0 Å². The van der Waals surface area contributed by atoms with Crippen LogP contribution in [0.4, 0.5) is 5.69 Å². The molecule has 94 valence electrons. The number of nitrogens with zero attached hydrogens (tertiary/aromatic N) is 1. The Morgan fingerprint density at radius 3 is 1.94 bits per heavy atom. The summed E-state index contributed by atoms with van der Waals surface area (Å²) in [7, 11) is 1.64. The van der Waals surface area contributed by atoms with E-state index in [0.717, 1.165) is 10.1 Å². The summed E-state index contributed by atoms with van der Waals surface area (Å²) in [5.41, 5.74) is 0.784. The maximum Gasteiger partial charge on any atom is -0.870 e. The van der Waals surface area contributed by atoms with E-state index >= 15 is 0 Å². The summed E-state index contributed by atoms with van der Waals surface area (Å²) >= 11 is 12.9. The molecule has 1 amide bonds. The van der Waals surface area contributed by atoms with E-state index in [1.54, 1.807) is 7.05 Å². The van der Waals surface area contributed by atoms with Crippen LogP contribution in [-0.2, 0) is 4.79 Å². The third-order valence-corrected chi connectivity index (χ3v) is 2.84. The molecule has 0 radical (unpaired) electrons. The zero-order chi connectivity index (χ0) is 10.7. The Morgan fingerprint density at radius 1 is 1.18 bits per heavy atom. The molecule has 0 aromatic heterocycles. The Hall–Kier alpha value is -0.307. The van der Waals surface area contributed by atoms with E-state index < -0.39 is 4.84 Å². The molecule has 0 unspecified atom stereocenters. The maximum absolute atomic E-state index is 11.4. The number of rotatable bonds is 2. The van der Waals surface area contributed by atoms with Crippen molar-refractivity contribution in [3.05, 3.63) is 24.3 Å². The van der Waals surface area contributed by atoms with Gasteiger partial charge in [-0.15, -0.1) is 0 Å². The molecule has 0 aliphatic rings. The normalized spacial score (nSPS) is 8.59. The molecule has 0 heterocycles. The number of benzene rings is 1. The topological polar surface area (TPSA) is 110 Å². The van der Waals surface area contributed by atoms with Crippen molar-refractivity contribution in [2.75, 3.05) is 11.9 Å². The second kappa shape index (κ2) is 9.70. The summed E-state index contributed by atoms with van der Waals surface area (Å²) < 4.78 is 1.14. The monoisotopic (exact) mass is 341 g/mol. The number of anilines is 1. The van der Waals surface area contributed by atoms with Crippen LogP contribution in [0.1, 0.15) is 0 Å². The molecule has 0 saturated heterocycles. The van der Waals surface area contributed by atoms with Crippen molar-refractivity contribution >= 4 is 55.7 Å². The molecule has 3 N–H and O–H groups in total. The van der Waals surface area contributed by atoms with Gasteiger partial charge in [0, 0.05) is 0 Å². The minimum absolute atomic E-state index is 0. The van der Waals surface area contributed by atoms with Crippen molar-refractivity contribution in [2.24, 2.45) is 0 Å². The third kappa shape index (κ3) is 6.25. The summed E-state index contributed by atoms with van der Waals surface area (Å²) in [6, 6.07) is 7.56. The smallest absolute Gasteiger partial charge is 0.870 e. The first kappa shape index (κ1) is 21.9. The molecular weight excluding hydrogens is 330 g/mol. The van der Waals surface area contributed by atoms with Gasteiger partial charge in [-0.05, 0) is 0 Å². The average molecular weight is 341 g/mol. The molecule has 1 rings (SSSR count). The molecule has 5 nitrogen and oxygen atoms in total. The fourth-order valence-electron chi connectivity index (χ4n) is 0.959. The Bertz CT molecular complexity index is 334. The minimum atomic E-state index is -1.01. The summed E-state index contributed by atoms with van der Waals surface area (Å²) in [5.74, 6) is -0.322. The fraction of sp³-hybridized carbons (Fsp3) is 0.222. The summed E-state index contributed by atoms with van der Waals surface area (Å²) in [6.45, 7) is 0. The summed E-state index contributed by atoms with van der Waals surface area (Å²) in [4.78, 5) is 11.8. The van der Waals surface area contributed by atoms with Crippen LogP contribution < -0.4 is 9.30 Å². The molecule has 0 saturated carbocycles. The van der Waals surface area contributed by atoms with Gasteiger partial charge in [0.1, 0.15) is 0 Å². The number of amides is 1. The Labute approximate surface area is 118 Å². The largest absolute Gasteiger partial charge is 0.870 e. The van der Waals surface area contributed by atoms with Crippen LogP contribution in [0, 0.1) is 0 Å². The van der Waals surface area contributed by atoms with E-state index in [4.69, 9.17) is 23.2 Å². The number of carbonyl (C=O) groups is 1. The van der Waals surface area contributed by atoms with Crippen molar-refractivity contribution < 1.29 is 21.2 Å². The standard InChI is InChI=1S/C9H8Cl2GeNO.3H2O/c1-13(9(14)8(10)11)7-4-2-6(12)3-5-7;;;/h2-5,8H,1H3;3*1H2/q+3;;;/p-3. The second-order valence-corrected chi connectivity index (χ2v) is 5.05. The van der Waals surface area contributed by atoms with Gasteiger partial charge in [-0.3, -0.25) is 0 Å². The number of hydrogen-bond donors (Lipinski definition) is 0. The molecule has 0 fully saturated rings. The molecule has 8 heteroatoms. The number of carbonyl (C=O) groups excluding carboxylic acids is 1. The number of hydrogen-bond acceptors (Lipinski definition) is 4. The van der Waals surface area contributed by atoms with Crippen LogP contribution in [0.2, 0.25) is 0 Å². The van der Waals surface area contributed by atoms with Crippen LogP contribution >= 0.6 is 23.2 Å². The quantitative estimate of drug-likeness (QED) is 0.583. The summed E-state index contributed by atoms with van der Waals surface area (Å²) in [6.07, 6.45) is 0. The Balaban J connectivity index is -0.000000653. The first-order valence-corrected chi connectivity index (χ1v) is 5.82. The maximum atomic E-state index is 11.4. The van der Waals surface area contributed by atoms with E-state index in [0.29, 0.717) is 0 Å². The fourth-order valence-corrected chi connectivity index (χ4v) is 1.60. The van der Waals surface area contributed by atoms with Crippen LogP contribution in [0.3, 0.4) is 0 Å². The Kier molecular flexibility index (Phi) is 12.5. The molecule has 1 aromatic rings. The SMILES string of the molecule is CN(C(=O)C(Cl)Cl)c1cc[c]([Ge+3])cc1.[OH-].[OH-].[OH-]. The van der Waals surface area contributed by atoms with Crippen molar-refractivity contribution in [1.29, 1.82) is 0 Å². The van der Waals surface area contributed by atoms with Crippen LogP contribution in [0.5, 0.6) is 0 Å². The molecule has 1 aromatic carbocycles. The predicted octanol–water partition coefficient (Wildman–Crippen LogP) is 0.716. The van der Waals surface area contributed by atoms with Gasteiger partial charge in [0.2, 0.25) is 0 Å². The van der Waals surface area contributed by atoms with E-state index in [1.165, 1.54) is 4.90 Å². The molecule has 0 bridgehead atoms. The van der Waals surface area contributed by atoms with Gasteiger partial charge in [0.05, 0.1) is 0 Å². The molecule has 17 heavy (non-hydrogen) atoms.